The number of hydrogen-bond donors (Lipinski definition) is 2. The molecule has 0 unspecified atom stereocenters. The lowest BCUT2D eigenvalue weighted by atomic mass is 10.1. The van der Waals surface area contributed by atoms with Crippen molar-refractivity contribution >= 4 is 21.8 Å². The molecule has 0 saturated heterocycles. The van der Waals surface area contributed by atoms with Crippen molar-refractivity contribution in [3.8, 4) is 0 Å². The summed E-state index contributed by atoms with van der Waals surface area (Å²) in [6.45, 7) is 1.94. The van der Waals surface area contributed by atoms with E-state index >= 15 is 0 Å². The Morgan fingerprint density at radius 2 is 2.33 bits per heavy atom. The van der Waals surface area contributed by atoms with Crippen LogP contribution in [0.25, 0.3) is 0 Å². The van der Waals surface area contributed by atoms with Gasteiger partial charge in [-0.3, -0.25) is 4.79 Å². The molecule has 1 atom stereocenters. The number of carbonyl (C=O) groups excluding carboxylic acids is 1. The van der Waals surface area contributed by atoms with Crippen LogP contribution in [0.3, 0.4) is 0 Å². The zero-order valence-corrected chi connectivity index (χ0v) is 10.1. The minimum Gasteiger partial charge on any atom is -0.392 e. The lowest BCUT2D eigenvalue weighted by molar-refractivity contribution is -0.120. The van der Waals surface area contributed by atoms with Gasteiger partial charge in [-0.2, -0.15) is 0 Å². The predicted octanol–water partition coefficient (Wildman–Crippen LogP) is 1.49. The number of hydrogen-bond acceptors (Lipinski definition) is 2. The van der Waals surface area contributed by atoms with Gasteiger partial charge in [-0.1, -0.05) is 28.1 Å². The second-order valence-corrected chi connectivity index (χ2v) is 4.38. The van der Waals surface area contributed by atoms with Crippen molar-refractivity contribution in [2.24, 2.45) is 0 Å². The van der Waals surface area contributed by atoms with Crippen molar-refractivity contribution in [3.05, 3.63) is 34.3 Å². The van der Waals surface area contributed by atoms with E-state index in [2.05, 4.69) is 21.2 Å². The lowest BCUT2D eigenvalue weighted by Gasteiger charge is -2.07. The van der Waals surface area contributed by atoms with Crippen molar-refractivity contribution in [1.29, 1.82) is 0 Å². The summed E-state index contributed by atoms with van der Waals surface area (Å²) < 4.78 is 0.961. The fourth-order valence-corrected chi connectivity index (χ4v) is 1.60. The van der Waals surface area contributed by atoms with E-state index in [0.717, 1.165) is 10.0 Å². The third-order valence-corrected chi connectivity index (χ3v) is 2.34. The number of rotatable bonds is 4. The highest BCUT2D eigenvalue weighted by Gasteiger charge is 2.04. The van der Waals surface area contributed by atoms with Gasteiger partial charge in [-0.15, -0.1) is 0 Å². The molecule has 1 rings (SSSR count). The summed E-state index contributed by atoms with van der Waals surface area (Å²) in [5, 5.41) is 11.6. The highest BCUT2D eigenvalue weighted by atomic mass is 79.9. The van der Waals surface area contributed by atoms with E-state index in [-0.39, 0.29) is 5.91 Å². The van der Waals surface area contributed by atoms with Crippen LogP contribution in [0, 0.1) is 0 Å². The van der Waals surface area contributed by atoms with Crippen LogP contribution < -0.4 is 5.32 Å². The van der Waals surface area contributed by atoms with Gasteiger partial charge in [-0.25, -0.2) is 0 Å². The van der Waals surface area contributed by atoms with Crippen molar-refractivity contribution < 1.29 is 9.90 Å². The summed E-state index contributed by atoms with van der Waals surface area (Å²) in [5.41, 5.74) is 0.951. The molecule has 2 N–H and O–H groups in total. The molecular weight excluding hydrogens is 258 g/mol. The van der Waals surface area contributed by atoms with Crippen molar-refractivity contribution in [1.82, 2.24) is 5.32 Å². The smallest absolute Gasteiger partial charge is 0.224 e. The highest BCUT2D eigenvalue weighted by Crippen LogP contribution is 2.11. The molecule has 1 aromatic rings. The second kappa shape index (κ2) is 5.88. The number of aliphatic hydroxyl groups is 1. The first-order valence-corrected chi connectivity index (χ1v) is 5.56. The Labute approximate surface area is 97.6 Å². The Bertz CT molecular complexity index is 339. The van der Waals surface area contributed by atoms with Gasteiger partial charge in [0.1, 0.15) is 0 Å². The first-order chi connectivity index (χ1) is 7.08. The number of aliphatic hydroxyl groups excluding tert-OH is 1. The third kappa shape index (κ3) is 4.95. The van der Waals surface area contributed by atoms with E-state index in [1.54, 1.807) is 6.92 Å². The molecule has 0 fully saturated rings. The van der Waals surface area contributed by atoms with E-state index in [4.69, 9.17) is 5.11 Å². The zero-order chi connectivity index (χ0) is 11.3. The summed E-state index contributed by atoms with van der Waals surface area (Å²) in [4.78, 5) is 11.4. The maximum atomic E-state index is 11.4. The molecule has 0 heterocycles. The maximum Gasteiger partial charge on any atom is 0.224 e. The van der Waals surface area contributed by atoms with E-state index in [9.17, 15) is 4.79 Å². The summed E-state index contributed by atoms with van der Waals surface area (Å²) in [6, 6.07) is 7.60. The van der Waals surface area contributed by atoms with Crippen LogP contribution in [0.2, 0.25) is 0 Å². The fraction of sp³-hybridized carbons (Fsp3) is 0.364. The first kappa shape index (κ1) is 12.2. The minimum absolute atomic E-state index is 0.0750. The van der Waals surface area contributed by atoms with E-state index in [1.807, 2.05) is 24.3 Å². The van der Waals surface area contributed by atoms with Gasteiger partial charge < -0.3 is 10.4 Å². The minimum atomic E-state index is -0.503. The topological polar surface area (TPSA) is 49.3 Å². The maximum absolute atomic E-state index is 11.4. The van der Waals surface area contributed by atoms with Gasteiger partial charge in [0.15, 0.2) is 0 Å². The van der Waals surface area contributed by atoms with Crippen LogP contribution in [0.15, 0.2) is 28.7 Å². The molecule has 4 heteroatoms. The Morgan fingerprint density at radius 1 is 1.60 bits per heavy atom. The first-order valence-electron chi connectivity index (χ1n) is 4.77. The van der Waals surface area contributed by atoms with Crippen LogP contribution in [-0.4, -0.2) is 23.7 Å². The number of nitrogens with one attached hydrogen (secondary N) is 1. The van der Waals surface area contributed by atoms with Crippen LogP contribution >= 0.6 is 15.9 Å². The molecule has 0 spiro atoms. The van der Waals surface area contributed by atoms with Gasteiger partial charge >= 0.3 is 0 Å². The molecule has 0 radical (unpaired) electrons. The number of amides is 1. The SMILES string of the molecule is C[C@@H](O)CNC(=O)Cc1cccc(Br)c1. The van der Waals surface area contributed by atoms with Crippen molar-refractivity contribution in [2.45, 2.75) is 19.4 Å². The molecule has 0 bridgehead atoms. The quantitative estimate of drug-likeness (QED) is 0.872. The van der Waals surface area contributed by atoms with Gasteiger partial charge in [0.05, 0.1) is 12.5 Å². The van der Waals surface area contributed by atoms with Gasteiger partial charge in [0, 0.05) is 11.0 Å². The molecule has 1 aromatic carbocycles. The molecule has 0 aliphatic carbocycles. The molecular formula is C11H14BrNO2. The van der Waals surface area contributed by atoms with Crippen LogP contribution in [0.1, 0.15) is 12.5 Å². The molecule has 0 aliphatic rings. The molecule has 0 aliphatic heterocycles. The number of benzene rings is 1. The second-order valence-electron chi connectivity index (χ2n) is 3.46. The Morgan fingerprint density at radius 3 is 2.93 bits per heavy atom. The zero-order valence-electron chi connectivity index (χ0n) is 8.53. The molecule has 3 nitrogen and oxygen atoms in total. The molecule has 0 aromatic heterocycles. The van der Waals surface area contributed by atoms with Crippen LogP contribution in [0.4, 0.5) is 0 Å². The summed E-state index contributed by atoms with van der Waals surface area (Å²) >= 11 is 3.34. The predicted molar refractivity (Wildman–Crippen MR) is 62.5 cm³/mol. The fourth-order valence-electron chi connectivity index (χ4n) is 1.16. The third-order valence-electron chi connectivity index (χ3n) is 1.85. The Hall–Kier alpha value is -0.870. The molecule has 82 valence electrons. The van der Waals surface area contributed by atoms with Crippen molar-refractivity contribution in [2.75, 3.05) is 6.54 Å². The molecule has 0 saturated carbocycles. The number of carbonyl (C=O) groups is 1. The molecule has 1 amide bonds. The van der Waals surface area contributed by atoms with E-state index in [0.29, 0.717) is 13.0 Å². The Balaban J connectivity index is 2.44. The van der Waals surface area contributed by atoms with Gasteiger partial charge in [0.25, 0.3) is 0 Å². The lowest BCUT2D eigenvalue weighted by Crippen LogP contribution is -2.31. The normalized spacial score (nSPS) is 12.2. The van der Waals surface area contributed by atoms with E-state index in [1.165, 1.54) is 0 Å². The highest BCUT2D eigenvalue weighted by molar-refractivity contribution is 9.10. The monoisotopic (exact) mass is 271 g/mol. The van der Waals surface area contributed by atoms with Crippen LogP contribution in [-0.2, 0) is 11.2 Å². The van der Waals surface area contributed by atoms with Crippen LogP contribution in [0.5, 0.6) is 0 Å². The summed E-state index contributed by atoms with van der Waals surface area (Å²) in [7, 11) is 0. The molecule has 15 heavy (non-hydrogen) atoms. The summed E-state index contributed by atoms with van der Waals surface area (Å²) in [5.74, 6) is -0.0750. The average Bonchev–Trinajstić information content (AvgIpc) is 2.15. The van der Waals surface area contributed by atoms with Crippen molar-refractivity contribution in [3.63, 3.8) is 0 Å². The van der Waals surface area contributed by atoms with Gasteiger partial charge in [-0.05, 0) is 24.6 Å². The van der Waals surface area contributed by atoms with E-state index < -0.39 is 6.10 Å². The number of halogens is 1. The standard InChI is InChI=1S/C11H14BrNO2/c1-8(14)7-13-11(15)6-9-3-2-4-10(12)5-9/h2-5,8,14H,6-7H2,1H3,(H,13,15)/t8-/m1/s1. The largest absolute Gasteiger partial charge is 0.392 e. The average molecular weight is 272 g/mol. The Kier molecular flexibility index (Phi) is 4.78. The van der Waals surface area contributed by atoms with Gasteiger partial charge in [0.2, 0.25) is 5.91 Å². The summed E-state index contributed by atoms with van der Waals surface area (Å²) in [6.07, 6.45) is -0.164.